The molecule has 2 rings (SSSR count). The summed E-state index contributed by atoms with van der Waals surface area (Å²) in [5.41, 5.74) is 2.46. The molecule has 0 aliphatic heterocycles. The van der Waals surface area contributed by atoms with Crippen LogP contribution in [0.4, 0.5) is 0 Å². The van der Waals surface area contributed by atoms with Crippen molar-refractivity contribution in [1.29, 1.82) is 5.26 Å². The van der Waals surface area contributed by atoms with Crippen molar-refractivity contribution in [3.63, 3.8) is 0 Å². The highest BCUT2D eigenvalue weighted by molar-refractivity contribution is 7.95. The smallest absolute Gasteiger partial charge is 0.216 e. The molecule has 0 saturated carbocycles. The summed E-state index contributed by atoms with van der Waals surface area (Å²) in [6.45, 7) is 3.73. The summed E-state index contributed by atoms with van der Waals surface area (Å²) >= 11 is 0. The predicted octanol–water partition coefficient (Wildman–Crippen LogP) is 3.65. The van der Waals surface area contributed by atoms with Crippen LogP contribution < -0.4 is 4.74 Å². The van der Waals surface area contributed by atoms with Crippen LogP contribution >= 0.6 is 0 Å². The molecule has 2 aromatic carbocycles. The molecule has 4 nitrogen and oxygen atoms in total. The van der Waals surface area contributed by atoms with Crippen molar-refractivity contribution < 1.29 is 13.2 Å². The monoisotopic (exact) mass is 327 g/mol. The van der Waals surface area contributed by atoms with E-state index in [4.69, 9.17) is 4.74 Å². The first kappa shape index (κ1) is 16.8. The maximum absolute atomic E-state index is 12.6. The van der Waals surface area contributed by atoms with Crippen LogP contribution in [0.1, 0.15) is 16.7 Å². The standard InChI is InChI=1S/C18H17NO3S/c1-13-4-7-16(8-5-13)23(20,21)17(12-19)11-15-6-9-18(22-3)14(2)10-15/h4-11H,1-3H3. The van der Waals surface area contributed by atoms with Gasteiger partial charge in [0, 0.05) is 0 Å². The fourth-order valence-corrected chi connectivity index (χ4v) is 3.32. The van der Waals surface area contributed by atoms with E-state index in [1.807, 2.05) is 13.8 Å². The number of nitrogens with zero attached hydrogens (tertiary/aromatic N) is 1. The molecule has 0 aliphatic rings. The van der Waals surface area contributed by atoms with Crippen LogP contribution in [0.5, 0.6) is 5.75 Å². The Morgan fingerprint density at radius 2 is 1.78 bits per heavy atom. The third-order valence-corrected chi connectivity index (χ3v) is 5.13. The van der Waals surface area contributed by atoms with E-state index in [1.165, 1.54) is 18.2 Å². The van der Waals surface area contributed by atoms with Crippen LogP contribution in [0, 0.1) is 25.2 Å². The molecule has 23 heavy (non-hydrogen) atoms. The van der Waals surface area contributed by atoms with Crippen LogP contribution in [0.25, 0.3) is 6.08 Å². The Bertz CT molecular complexity index is 889. The lowest BCUT2D eigenvalue weighted by Crippen LogP contribution is -2.03. The number of ether oxygens (including phenoxy) is 1. The normalized spacial score (nSPS) is 11.8. The summed E-state index contributed by atoms with van der Waals surface area (Å²) in [4.78, 5) is -0.174. The van der Waals surface area contributed by atoms with E-state index in [0.29, 0.717) is 11.3 Å². The molecule has 0 heterocycles. The van der Waals surface area contributed by atoms with Gasteiger partial charge in [-0.1, -0.05) is 23.8 Å². The van der Waals surface area contributed by atoms with Crippen molar-refractivity contribution in [2.24, 2.45) is 0 Å². The van der Waals surface area contributed by atoms with Crippen molar-refractivity contribution in [2.45, 2.75) is 18.7 Å². The van der Waals surface area contributed by atoms with Crippen molar-refractivity contribution in [3.05, 3.63) is 64.1 Å². The predicted molar refractivity (Wildman–Crippen MR) is 89.7 cm³/mol. The Labute approximate surface area is 136 Å². The molecule has 0 bridgehead atoms. The zero-order chi connectivity index (χ0) is 17.0. The lowest BCUT2D eigenvalue weighted by Gasteiger charge is -2.06. The zero-order valence-corrected chi connectivity index (χ0v) is 14.0. The molecule has 0 fully saturated rings. The lowest BCUT2D eigenvalue weighted by molar-refractivity contribution is 0.411. The molecule has 5 heteroatoms. The van der Waals surface area contributed by atoms with Gasteiger partial charge in [-0.3, -0.25) is 0 Å². The summed E-state index contributed by atoms with van der Waals surface area (Å²) in [5, 5.41) is 9.29. The summed E-state index contributed by atoms with van der Waals surface area (Å²) in [6, 6.07) is 13.5. The molecular weight excluding hydrogens is 310 g/mol. The van der Waals surface area contributed by atoms with Gasteiger partial charge < -0.3 is 4.74 Å². The van der Waals surface area contributed by atoms with Gasteiger partial charge in [-0.25, -0.2) is 8.42 Å². The lowest BCUT2D eigenvalue weighted by atomic mass is 10.1. The maximum Gasteiger partial charge on any atom is 0.216 e. The summed E-state index contributed by atoms with van der Waals surface area (Å²) in [6.07, 6.45) is 1.38. The molecule has 118 valence electrons. The minimum atomic E-state index is -3.83. The number of benzene rings is 2. The Morgan fingerprint density at radius 3 is 2.30 bits per heavy atom. The van der Waals surface area contributed by atoms with Gasteiger partial charge in [0.05, 0.1) is 12.0 Å². The minimum absolute atomic E-state index is 0.112. The van der Waals surface area contributed by atoms with E-state index >= 15 is 0 Å². The highest BCUT2D eigenvalue weighted by atomic mass is 32.2. The van der Waals surface area contributed by atoms with Crippen molar-refractivity contribution in [3.8, 4) is 11.8 Å². The van der Waals surface area contributed by atoms with Crippen LogP contribution in [0.15, 0.2) is 52.3 Å². The molecule has 0 spiro atoms. The molecule has 0 N–H and O–H groups in total. The van der Waals surface area contributed by atoms with Crippen LogP contribution in [0.2, 0.25) is 0 Å². The average molecular weight is 327 g/mol. The maximum atomic E-state index is 12.6. The Balaban J connectivity index is 2.48. The van der Waals surface area contributed by atoms with Gasteiger partial charge in [0.2, 0.25) is 9.84 Å². The van der Waals surface area contributed by atoms with Gasteiger partial charge in [-0.15, -0.1) is 0 Å². The Kier molecular flexibility index (Phi) is 4.87. The number of aryl methyl sites for hydroxylation is 2. The SMILES string of the molecule is COc1ccc(C=C(C#N)S(=O)(=O)c2ccc(C)cc2)cc1C. The molecule has 0 radical (unpaired) electrons. The van der Waals surface area contributed by atoms with Gasteiger partial charge >= 0.3 is 0 Å². The van der Waals surface area contributed by atoms with Gasteiger partial charge in [0.1, 0.15) is 16.7 Å². The van der Waals surface area contributed by atoms with Crippen LogP contribution in [-0.2, 0) is 9.84 Å². The number of sulfone groups is 1. The Morgan fingerprint density at radius 1 is 1.13 bits per heavy atom. The van der Waals surface area contributed by atoms with E-state index in [1.54, 1.807) is 43.5 Å². The summed E-state index contributed by atoms with van der Waals surface area (Å²) < 4.78 is 30.3. The summed E-state index contributed by atoms with van der Waals surface area (Å²) in [7, 11) is -2.26. The van der Waals surface area contributed by atoms with E-state index in [9.17, 15) is 13.7 Å². The second-order valence-corrected chi connectivity index (χ2v) is 7.08. The van der Waals surface area contributed by atoms with E-state index in [-0.39, 0.29) is 9.80 Å². The molecule has 2 aromatic rings. The van der Waals surface area contributed by atoms with Gasteiger partial charge in [-0.05, 0) is 55.3 Å². The first-order chi connectivity index (χ1) is 10.9. The first-order valence-corrected chi connectivity index (χ1v) is 8.45. The van der Waals surface area contributed by atoms with E-state index in [0.717, 1.165) is 11.1 Å². The van der Waals surface area contributed by atoms with Crippen molar-refractivity contribution in [2.75, 3.05) is 7.11 Å². The largest absolute Gasteiger partial charge is 0.496 e. The number of allylic oxidation sites excluding steroid dienone is 1. The number of hydrogen-bond acceptors (Lipinski definition) is 4. The second kappa shape index (κ2) is 6.67. The summed E-state index contributed by atoms with van der Waals surface area (Å²) in [5.74, 6) is 0.710. The molecule has 0 aliphatic carbocycles. The Hall–Kier alpha value is -2.58. The quantitative estimate of drug-likeness (QED) is 0.804. The fraction of sp³-hybridized carbons (Fsp3) is 0.167. The van der Waals surface area contributed by atoms with Crippen LogP contribution in [-0.4, -0.2) is 15.5 Å². The number of hydrogen-bond donors (Lipinski definition) is 0. The van der Waals surface area contributed by atoms with Crippen molar-refractivity contribution >= 4 is 15.9 Å². The van der Waals surface area contributed by atoms with E-state index < -0.39 is 9.84 Å². The third-order valence-electron chi connectivity index (χ3n) is 3.45. The highest BCUT2D eigenvalue weighted by Crippen LogP contribution is 2.24. The average Bonchev–Trinajstić information content (AvgIpc) is 2.53. The molecule has 0 aromatic heterocycles. The van der Waals surface area contributed by atoms with E-state index in [2.05, 4.69) is 0 Å². The number of methoxy groups -OCH3 is 1. The topological polar surface area (TPSA) is 67.2 Å². The number of nitriles is 1. The van der Waals surface area contributed by atoms with Gasteiger partial charge in [-0.2, -0.15) is 5.26 Å². The zero-order valence-electron chi connectivity index (χ0n) is 13.2. The molecule has 0 saturated heterocycles. The second-order valence-electron chi connectivity index (χ2n) is 5.17. The minimum Gasteiger partial charge on any atom is -0.496 e. The van der Waals surface area contributed by atoms with Gasteiger partial charge in [0.25, 0.3) is 0 Å². The van der Waals surface area contributed by atoms with Crippen molar-refractivity contribution in [1.82, 2.24) is 0 Å². The third kappa shape index (κ3) is 3.61. The van der Waals surface area contributed by atoms with Gasteiger partial charge in [0.15, 0.2) is 0 Å². The molecular formula is C18H17NO3S. The number of rotatable bonds is 4. The molecule has 0 atom stereocenters. The fourth-order valence-electron chi connectivity index (χ4n) is 2.16. The van der Waals surface area contributed by atoms with Crippen LogP contribution in [0.3, 0.4) is 0 Å². The first-order valence-electron chi connectivity index (χ1n) is 6.96. The molecule has 0 unspecified atom stereocenters. The highest BCUT2D eigenvalue weighted by Gasteiger charge is 2.20. The molecule has 0 amide bonds.